The summed E-state index contributed by atoms with van der Waals surface area (Å²) >= 11 is 0. The predicted molar refractivity (Wildman–Crippen MR) is 77.2 cm³/mol. The van der Waals surface area contributed by atoms with Crippen molar-refractivity contribution in [1.82, 2.24) is 9.88 Å². The number of halogens is 1. The van der Waals surface area contributed by atoms with E-state index in [1.165, 1.54) is 6.07 Å². The molecule has 2 rings (SSSR count). The standard InChI is InChI=1S/C15H22FN3O/c1-4-17-14-13(7-12(16)8-18-14)15(20)19-6-5-11(9-19)10(2)3/h7-8,10-11H,4-6,9H2,1-3H3,(H,17,18). The molecule has 1 aromatic heterocycles. The van der Waals surface area contributed by atoms with Crippen molar-refractivity contribution < 1.29 is 9.18 Å². The molecule has 0 saturated carbocycles. The van der Waals surface area contributed by atoms with Gasteiger partial charge in [-0.05, 0) is 31.2 Å². The van der Waals surface area contributed by atoms with Crippen LogP contribution in [0, 0.1) is 17.7 Å². The maximum absolute atomic E-state index is 13.4. The van der Waals surface area contributed by atoms with Crippen molar-refractivity contribution in [3.8, 4) is 0 Å². The molecule has 1 fully saturated rings. The number of anilines is 1. The highest BCUT2D eigenvalue weighted by molar-refractivity contribution is 5.98. The summed E-state index contributed by atoms with van der Waals surface area (Å²) in [6, 6.07) is 1.27. The van der Waals surface area contributed by atoms with Gasteiger partial charge in [0.2, 0.25) is 0 Å². The van der Waals surface area contributed by atoms with Crippen LogP contribution in [0.3, 0.4) is 0 Å². The van der Waals surface area contributed by atoms with Gasteiger partial charge in [-0.15, -0.1) is 0 Å². The highest BCUT2D eigenvalue weighted by Gasteiger charge is 2.30. The molecule has 1 amide bonds. The maximum Gasteiger partial charge on any atom is 0.257 e. The summed E-state index contributed by atoms with van der Waals surface area (Å²) in [5.74, 6) is 0.951. The summed E-state index contributed by atoms with van der Waals surface area (Å²) in [6.07, 6.45) is 2.15. The first-order valence-corrected chi connectivity index (χ1v) is 7.21. The highest BCUT2D eigenvalue weighted by Crippen LogP contribution is 2.26. The normalized spacial score (nSPS) is 18.6. The van der Waals surface area contributed by atoms with Crippen molar-refractivity contribution in [3.63, 3.8) is 0 Å². The Labute approximate surface area is 119 Å². The van der Waals surface area contributed by atoms with Gasteiger partial charge in [-0.2, -0.15) is 0 Å². The number of carbonyl (C=O) groups excluding carboxylic acids is 1. The Balaban J connectivity index is 2.19. The van der Waals surface area contributed by atoms with Gasteiger partial charge in [0.05, 0.1) is 11.8 Å². The third-order valence-electron chi connectivity index (χ3n) is 3.88. The molecule has 0 radical (unpaired) electrons. The van der Waals surface area contributed by atoms with E-state index in [2.05, 4.69) is 24.1 Å². The Kier molecular flexibility index (Phi) is 4.57. The lowest BCUT2D eigenvalue weighted by Gasteiger charge is -2.19. The first-order valence-electron chi connectivity index (χ1n) is 7.21. The van der Waals surface area contributed by atoms with Crippen LogP contribution in [-0.4, -0.2) is 35.4 Å². The van der Waals surface area contributed by atoms with E-state index in [0.29, 0.717) is 29.8 Å². The molecule has 1 N–H and O–H groups in total. The average molecular weight is 279 g/mol. The summed E-state index contributed by atoms with van der Waals surface area (Å²) in [5.41, 5.74) is 0.330. The molecule has 1 aliphatic rings. The van der Waals surface area contributed by atoms with E-state index in [4.69, 9.17) is 0 Å². The van der Waals surface area contributed by atoms with Crippen molar-refractivity contribution in [2.24, 2.45) is 11.8 Å². The average Bonchev–Trinajstić information content (AvgIpc) is 2.90. The van der Waals surface area contributed by atoms with E-state index in [1.807, 2.05) is 11.8 Å². The van der Waals surface area contributed by atoms with E-state index in [0.717, 1.165) is 25.7 Å². The lowest BCUT2D eigenvalue weighted by molar-refractivity contribution is 0.0784. The largest absolute Gasteiger partial charge is 0.370 e. The fraction of sp³-hybridized carbons (Fsp3) is 0.600. The molecule has 0 aromatic carbocycles. The molecule has 0 aliphatic carbocycles. The lowest BCUT2D eigenvalue weighted by Crippen LogP contribution is -2.30. The van der Waals surface area contributed by atoms with Crippen molar-refractivity contribution >= 4 is 11.7 Å². The van der Waals surface area contributed by atoms with Crippen LogP contribution in [0.15, 0.2) is 12.3 Å². The highest BCUT2D eigenvalue weighted by atomic mass is 19.1. The van der Waals surface area contributed by atoms with Gasteiger partial charge in [-0.3, -0.25) is 4.79 Å². The third-order valence-corrected chi connectivity index (χ3v) is 3.88. The molecule has 20 heavy (non-hydrogen) atoms. The van der Waals surface area contributed by atoms with Crippen LogP contribution in [0.1, 0.15) is 37.6 Å². The van der Waals surface area contributed by atoms with Crippen LogP contribution in [-0.2, 0) is 0 Å². The van der Waals surface area contributed by atoms with Crippen LogP contribution in [0.5, 0.6) is 0 Å². The van der Waals surface area contributed by atoms with Gasteiger partial charge in [0.15, 0.2) is 0 Å². The molecule has 4 nitrogen and oxygen atoms in total. The second-order valence-electron chi connectivity index (χ2n) is 5.62. The SMILES string of the molecule is CCNc1ncc(F)cc1C(=O)N1CCC(C(C)C)C1. The number of nitrogens with zero attached hydrogens (tertiary/aromatic N) is 2. The van der Waals surface area contributed by atoms with Crippen LogP contribution in [0.4, 0.5) is 10.2 Å². The van der Waals surface area contributed by atoms with E-state index >= 15 is 0 Å². The fourth-order valence-electron chi connectivity index (χ4n) is 2.60. The third kappa shape index (κ3) is 3.08. The topological polar surface area (TPSA) is 45.2 Å². The molecule has 0 spiro atoms. The molecule has 2 heterocycles. The Morgan fingerprint density at radius 1 is 1.60 bits per heavy atom. The van der Waals surface area contributed by atoms with Crippen LogP contribution < -0.4 is 5.32 Å². The van der Waals surface area contributed by atoms with Gasteiger partial charge < -0.3 is 10.2 Å². The number of amides is 1. The van der Waals surface area contributed by atoms with Crippen molar-refractivity contribution in [2.75, 3.05) is 25.0 Å². The number of nitrogens with one attached hydrogen (secondary N) is 1. The van der Waals surface area contributed by atoms with E-state index < -0.39 is 5.82 Å². The minimum Gasteiger partial charge on any atom is -0.370 e. The molecule has 1 atom stereocenters. The summed E-state index contributed by atoms with van der Waals surface area (Å²) in [5, 5.41) is 3.02. The smallest absolute Gasteiger partial charge is 0.257 e. The van der Waals surface area contributed by atoms with Gasteiger partial charge in [0, 0.05) is 19.6 Å². The van der Waals surface area contributed by atoms with Gasteiger partial charge >= 0.3 is 0 Å². The Morgan fingerprint density at radius 2 is 2.35 bits per heavy atom. The molecule has 1 unspecified atom stereocenters. The van der Waals surface area contributed by atoms with Crippen LogP contribution in [0.2, 0.25) is 0 Å². The van der Waals surface area contributed by atoms with Gasteiger partial charge in [-0.25, -0.2) is 9.37 Å². The minimum absolute atomic E-state index is 0.129. The van der Waals surface area contributed by atoms with E-state index in [9.17, 15) is 9.18 Å². The lowest BCUT2D eigenvalue weighted by atomic mass is 9.95. The number of pyridine rings is 1. The zero-order chi connectivity index (χ0) is 14.7. The van der Waals surface area contributed by atoms with Gasteiger partial charge in [0.1, 0.15) is 11.6 Å². The fourth-order valence-corrected chi connectivity index (χ4v) is 2.60. The molecular formula is C15H22FN3O. The molecular weight excluding hydrogens is 257 g/mol. The van der Waals surface area contributed by atoms with E-state index in [-0.39, 0.29) is 5.91 Å². The maximum atomic E-state index is 13.4. The first kappa shape index (κ1) is 14.8. The second kappa shape index (κ2) is 6.20. The van der Waals surface area contributed by atoms with Crippen LogP contribution in [0.25, 0.3) is 0 Å². The summed E-state index contributed by atoms with van der Waals surface area (Å²) in [4.78, 5) is 18.3. The predicted octanol–water partition coefficient (Wildman–Crippen LogP) is 2.77. The van der Waals surface area contributed by atoms with Gasteiger partial charge in [-0.1, -0.05) is 13.8 Å². The Hall–Kier alpha value is -1.65. The Morgan fingerprint density at radius 3 is 2.95 bits per heavy atom. The summed E-state index contributed by atoms with van der Waals surface area (Å²) in [6.45, 7) is 8.40. The van der Waals surface area contributed by atoms with Crippen molar-refractivity contribution in [1.29, 1.82) is 0 Å². The quantitative estimate of drug-likeness (QED) is 0.921. The first-order chi connectivity index (χ1) is 9.52. The molecule has 0 bridgehead atoms. The summed E-state index contributed by atoms with van der Waals surface area (Å²) < 4.78 is 13.4. The number of carbonyl (C=O) groups is 1. The molecule has 5 heteroatoms. The zero-order valence-electron chi connectivity index (χ0n) is 12.3. The van der Waals surface area contributed by atoms with Crippen molar-refractivity contribution in [2.45, 2.75) is 27.2 Å². The molecule has 1 aliphatic heterocycles. The minimum atomic E-state index is -0.477. The van der Waals surface area contributed by atoms with Gasteiger partial charge in [0.25, 0.3) is 5.91 Å². The number of aromatic nitrogens is 1. The molecule has 110 valence electrons. The number of hydrogen-bond acceptors (Lipinski definition) is 3. The Bertz CT molecular complexity index is 490. The molecule has 1 aromatic rings. The summed E-state index contributed by atoms with van der Waals surface area (Å²) in [7, 11) is 0. The molecule has 1 saturated heterocycles. The number of rotatable bonds is 4. The van der Waals surface area contributed by atoms with Crippen LogP contribution >= 0.6 is 0 Å². The second-order valence-corrected chi connectivity index (χ2v) is 5.62. The number of likely N-dealkylation sites (tertiary alicyclic amines) is 1. The van der Waals surface area contributed by atoms with E-state index in [1.54, 1.807) is 0 Å². The number of hydrogen-bond donors (Lipinski definition) is 1. The zero-order valence-corrected chi connectivity index (χ0v) is 12.3. The monoisotopic (exact) mass is 279 g/mol. The van der Waals surface area contributed by atoms with Crippen molar-refractivity contribution in [3.05, 3.63) is 23.6 Å².